The van der Waals surface area contributed by atoms with Crippen molar-refractivity contribution in [2.45, 2.75) is 58.5 Å². The molecule has 44 heavy (non-hydrogen) atoms. The normalized spacial score (nSPS) is 11.7. The molecule has 0 aliphatic rings. The third-order valence-corrected chi connectivity index (χ3v) is 6.66. The molecule has 0 aliphatic carbocycles. The average Bonchev–Trinajstić information content (AvgIpc) is 3.40. The number of amides is 3. The number of nitrogens with one attached hydrogen (secondary N) is 2. The van der Waals surface area contributed by atoms with Gasteiger partial charge in [0.1, 0.15) is 11.8 Å². The van der Waals surface area contributed by atoms with Gasteiger partial charge in [0.15, 0.2) is 28.8 Å². The lowest BCUT2D eigenvalue weighted by atomic mass is 9.98. The van der Waals surface area contributed by atoms with Gasteiger partial charge in [-0.2, -0.15) is 0 Å². The number of anilines is 1. The molecule has 0 aliphatic heterocycles. The van der Waals surface area contributed by atoms with E-state index in [1.54, 1.807) is 51.5 Å². The smallest absolute Gasteiger partial charge is 0.247 e. The molecule has 0 spiro atoms. The zero-order chi connectivity index (χ0) is 32.4. The first-order valence-electron chi connectivity index (χ1n) is 14.2. The van der Waals surface area contributed by atoms with E-state index >= 15 is 0 Å². The molecule has 3 aromatic rings. The monoisotopic (exact) mass is 610 g/mol. The van der Waals surface area contributed by atoms with Crippen LogP contribution in [0.25, 0.3) is 0 Å². The van der Waals surface area contributed by atoms with Crippen LogP contribution in [0.1, 0.15) is 56.5 Å². The van der Waals surface area contributed by atoms with E-state index in [1.807, 2.05) is 32.9 Å². The number of aromatic nitrogens is 1. The van der Waals surface area contributed by atoms with Gasteiger partial charge in [0.2, 0.25) is 17.7 Å². The van der Waals surface area contributed by atoms with Gasteiger partial charge in [0, 0.05) is 36.6 Å². The zero-order valence-electron chi connectivity index (χ0n) is 26.6. The molecular weight excluding hydrogens is 568 g/mol. The Balaban J connectivity index is 2.01. The van der Waals surface area contributed by atoms with Crippen molar-refractivity contribution < 1.29 is 37.9 Å². The van der Waals surface area contributed by atoms with Crippen molar-refractivity contribution in [2.75, 3.05) is 40.3 Å². The third-order valence-electron chi connectivity index (χ3n) is 6.66. The fourth-order valence-corrected chi connectivity index (χ4v) is 4.69. The summed E-state index contributed by atoms with van der Waals surface area (Å²) >= 11 is 0. The SMILES string of the molecule is COc1ccc(CCN(C(=O)CCC(=O)Nc2cc(C)on2)[C@@H](C(=O)NC(C)(C)C)c2cccc(OC)c2OC)cc1OC. The molecule has 12 nitrogen and oxygen atoms in total. The molecule has 0 saturated carbocycles. The van der Waals surface area contributed by atoms with Gasteiger partial charge in [0.25, 0.3) is 0 Å². The van der Waals surface area contributed by atoms with Gasteiger partial charge >= 0.3 is 0 Å². The number of nitrogens with zero attached hydrogens (tertiary/aromatic N) is 2. The quantitative estimate of drug-likeness (QED) is 0.271. The highest BCUT2D eigenvalue weighted by atomic mass is 16.5. The molecule has 0 saturated heterocycles. The Morgan fingerprint density at radius 1 is 0.909 bits per heavy atom. The predicted molar refractivity (Wildman–Crippen MR) is 164 cm³/mol. The molecule has 0 radical (unpaired) electrons. The highest BCUT2D eigenvalue weighted by Crippen LogP contribution is 2.38. The predicted octanol–water partition coefficient (Wildman–Crippen LogP) is 4.46. The lowest BCUT2D eigenvalue weighted by Crippen LogP contribution is -2.50. The molecule has 3 rings (SSSR count). The van der Waals surface area contributed by atoms with Crippen LogP contribution in [0.3, 0.4) is 0 Å². The molecule has 2 N–H and O–H groups in total. The second kappa shape index (κ2) is 15.1. The van der Waals surface area contributed by atoms with E-state index in [9.17, 15) is 14.4 Å². The Morgan fingerprint density at radius 2 is 1.61 bits per heavy atom. The van der Waals surface area contributed by atoms with Gasteiger partial charge in [-0.3, -0.25) is 14.4 Å². The standard InChI is InChI=1S/C32H42N4O8/c1-20-18-26(35-44-20)33-27(37)14-15-28(38)36(17-16-21-12-13-23(40-5)25(19-21)42-7)29(31(39)34-32(2,3)4)22-10-9-11-24(41-6)30(22)43-8/h9-13,18-19,29H,14-17H2,1-8H3,(H,34,39)(H,33,35,37)/t29-/m1/s1. The molecule has 1 atom stereocenters. The van der Waals surface area contributed by atoms with Crippen LogP contribution in [-0.4, -0.2) is 68.3 Å². The summed E-state index contributed by atoms with van der Waals surface area (Å²) in [4.78, 5) is 42.2. The number of aryl methyl sites for hydroxylation is 1. The van der Waals surface area contributed by atoms with Gasteiger partial charge in [-0.05, 0) is 57.9 Å². The summed E-state index contributed by atoms with van der Waals surface area (Å²) in [6, 6.07) is 11.1. The van der Waals surface area contributed by atoms with E-state index in [1.165, 1.54) is 19.1 Å². The number of methoxy groups -OCH3 is 4. The van der Waals surface area contributed by atoms with Gasteiger partial charge in [-0.15, -0.1) is 0 Å². The van der Waals surface area contributed by atoms with Crippen LogP contribution in [-0.2, 0) is 20.8 Å². The van der Waals surface area contributed by atoms with Crippen LogP contribution < -0.4 is 29.6 Å². The maximum Gasteiger partial charge on any atom is 0.247 e. The molecule has 12 heteroatoms. The van der Waals surface area contributed by atoms with Crippen molar-refractivity contribution in [1.29, 1.82) is 0 Å². The van der Waals surface area contributed by atoms with Crippen LogP contribution in [0, 0.1) is 6.92 Å². The number of carbonyl (C=O) groups is 3. The fraction of sp³-hybridized carbons (Fsp3) is 0.438. The lowest BCUT2D eigenvalue weighted by Gasteiger charge is -2.34. The number of hydrogen-bond donors (Lipinski definition) is 2. The number of ether oxygens (including phenoxy) is 4. The summed E-state index contributed by atoms with van der Waals surface area (Å²) in [5.41, 5.74) is 0.693. The first kappa shape index (κ1) is 33.8. The number of benzene rings is 2. The molecule has 0 fully saturated rings. The number of para-hydroxylation sites is 1. The molecule has 2 aromatic carbocycles. The molecule has 0 unspecified atom stereocenters. The number of hydrogen-bond acceptors (Lipinski definition) is 9. The van der Waals surface area contributed by atoms with Crippen molar-refractivity contribution in [3.63, 3.8) is 0 Å². The average molecular weight is 611 g/mol. The fourth-order valence-electron chi connectivity index (χ4n) is 4.69. The van der Waals surface area contributed by atoms with Gasteiger partial charge in [-0.25, -0.2) is 0 Å². The Kier molecular flexibility index (Phi) is 11.6. The lowest BCUT2D eigenvalue weighted by molar-refractivity contribution is -0.142. The summed E-state index contributed by atoms with van der Waals surface area (Å²) < 4.78 is 27.0. The van der Waals surface area contributed by atoms with Crippen molar-refractivity contribution in [3.05, 3.63) is 59.4 Å². The molecule has 0 bridgehead atoms. The second-order valence-electron chi connectivity index (χ2n) is 11.1. The van der Waals surface area contributed by atoms with Crippen molar-refractivity contribution in [1.82, 2.24) is 15.4 Å². The van der Waals surface area contributed by atoms with Crippen LogP contribution >= 0.6 is 0 Å². The van der Waals surface area contributed by atoms with Crippen LogP contribution in [0.15, 0.2) is 47.0 Å². The molecule has 1 heterocycles. The summed E-state index contributed by atoms with van der Waals surface area (Å²) in [7, 11) is 6.08. The van der Waals surface area contributed by atoms with Crippen LogP contribution in [0.4, 0.5) is 5.82 Å². The second-order valence-corrected chi connectivity index (χ2v) is 11.1. The summed E-state index contributed by atoms with van der Waals surface area (Å²) in [6.07, 6.45) is 0.0721. The Labute approximate surface area is 258 Å². The minimum atomic E-state index is -1.10. The maximum atomic E-state index is 14.0. The van der Waals surface area contributed by atoms with Crippen molar-refractivity contribution in [3.8, 4) is 23.0 Å². The van der Waals surface area contributed by atoms with E-state index in [4.69, 9.17) is 23.5 Å². The number of rotatable bonds is 14. The maximum absolute atomic E-state index is 14.0. The van der Waals surface area contributed by atoms with E-state index in [2.05, 4.69) is 15.8 Å². The Morgan fingerprint density at radius 3 is 2.20 bits per heavy atom. The highest BCUT2D eigenvalue weighted by Gasteiger charge is 2.36. The van der Waals surface area contributed by atoms with Crippen LogP contribution in [0.5, 0.6) is 23.0 Å². The van der Waals surface area contributed by atoms with E-state index in [-0.39, 0.29) is 25.2 Å². The third kappa shape index (κ3) is 8.88. The molecule has 238 valence electrons. The topological polar surface area (TPSA) is 141 Å². The summed E-state index contributed by atoms with van der Waals surface area (Å²) in [5, 5.41) is 9.41. The molecule has 3 amide bonds. The summed E-state index contributed by atoms with van der Waals surface area (Å²) in [6.45, 7) is 7.42. The first-order valence-corrected chi connectivity index (χ1v) is 14.2. The minimum Gasteiger partial charge on any atom is -0.493 e. The van der Waals surface area contributed by atoms with E-state index < -0.39 is 29.3 Å². The van der Waals surface area contributed by atoms with Crippen LogP contribution in [0.2, 0.25) is 0 Å². The molecule has 1 aromatic heterocycles. The van der Waals surface area contributed by atoms with Gasteiger partial charge < -0.3 is 39.0 Å². The van der Waals surface area contributed by atoms with E-state index in [0.29, 0.717) is 40.7 Å². The van der Waals surface area contributed by atoms with Gasteiger partial charge in [0.05, 0.1) is 28.4 Å². The number of carbonyl (C=O) groups excluding carboxylic acids is 3. The largest absolute Gasteiger partial charge is 0.493 e. The van der Waals surface area contributed by atoms with Crippen molar-refractivity contribution >= 4 is 23.5 Å². The Bertz CT molecular complexity index is 1450. The summed E-state index contributed by atoms with van der Waals surface area (Å²) in [5.74, 6) is 1.41. The highest BCUT2D eigenvalue weighted by molar-refractivity contribution is 5.94. The van der Waals surface area contributed by atoms with Crippen molar-refractivity contribution in [2.24, 2.45) is 0 Å². The van der Waals surface area contributed by atoms with E-state index in [0.717, 1.165) is 5.56 Å². The zero-order valence-corrected chi connectivity index (χ0v) is 26.6. The molecular formula is C32H42N4O8. The first-order chi connectivity index (χ1) is 20.9. The Hall–Kier alpha value is -4.74. The minimum absolute atomic E-state index is 0.138. The van der Waals surface area contributed by atoms with Gasteiger partial charge in [-0.1, -0.05) is 23.4 Å².